The Hall–Kier alpha value is -1.77. The van der Waals surface area contributed by atoms with Crippen molar-refractivity contribution in [3.05, 3.63) is 52.8 Å². The molecule has 1 heterocycles. The fraction of sp³-hybridized carbons (Fsp3) is 0.214. The van der Waals surface area contributed by atoms with E-state index in [1.54, 1.807) is 6.92 Å². The molecule has 5 nitrogen and oxygen atoms in total. The van der Waals surface area contributed by atoms with Gasteiger partial charge in [-0.05, 0) is 30.7 Å². The normalized spacial score (nSPS) is 11.5. The molecule has 0 saturated heterocycles. The summed E-state index contributed by atoms with van der Waals surface area (Å²) in [7, 11) is -4.20. The van der Waals surface area contributed by atoms with E-state index in [2.05, 4.69) is 4.98 Å². The van der Waals surface area contributed by atoms with Crippen molar-refractivity contribution in [2.45, 2.75) is 11.8 Å². The highest BCUT2D eigenvalue weighted by molar-refractivity contribution is 7.92. The van der Waals surface area contributed by atoms with Gasteiger partial charge in [0.1, 0.15) is 21.7 Å². The molecule has 0 bridgehead atoms. The second kappa shape index (κ2) is 6.77. The summed E-state index contributed by atoms with van der Waals surface area (Å²) in [6.07, 6.45) is 1.04. The van der Waals surface area contributed by atoms with Gasteiger partial charge in [0.15, 0.2) is 0 Å². The van der Waals surface area contributed by atoms with Crippen LogP contribution in [0.5, 0.6) is 0 Å². The van der Waals surface area contributed by atoms with Gasteiger partial charge >= 0.3 is 0 Å². The number of benzene rings is 1. The van der Waals surface area contributed by atoms with E-state index in [0.717, 1.165) is 18.3 Å². The summed E-state index contributed by atoms with van der Waals surface area (Å²) in [4.78, 5) is 3.55. The van der Waals surface area contributed by atoms with Gasteiger partial charge in [-0.3, -0.25) is 4.31 Å². The van der Waals surface area contributed by atoms with E-state index in [0.29, 0.717) is 15.9 Å². The zero-order valence-electron chi connectivity index (χ0n) is 12.0. The monoisotopic (exact) mass is 362 g/mol. The highest BCUT2D eigenvalue weighted by atomic mass is 35.5. The topological polar surface area (TPSA) is 70.5 Å². The lowest BCUT2D eigenvalue weighted by Gasteiger charge is -2.24. The number of aliphatic hydroxyl groups is 1. The highest BCUT2D eigenvalue weighted by Gasteiger charge is 2.27. The quantitative estimate of drug-likeness (QED) is 0.830. The van der Waals surface area contributed by atoms with Crippen molar-refractivity contribution in [3.8, 4) is 0 Å². The fourth-order valence-corrected chi connectivity index (χ4v) is 3.54. The van der Waals surface area contributed by atoms with E-state index in [1.165, 1.54) is 6.07 Å². The van der Waals surface area contributed by atoms with Crippen molar-refractivity contribution in [3.63, 3.8) is 0 Å². The van der Waals surface area contributed by atoms with Gasteiger partial charge in [-0.2, -0.15) is 0 Å². The fourth-order valence-electron chi connectivity index (χ4n) is 1.95. The molecule has 0 fully saturated rings. The number of pyridine rings is 1. The first-order chi connectivity index (χ1) is 10.8. The summed E-state index contributed by atoms with van der Waals surface area (Å²) in [5, 5.41) is 9.26. The van der Waals surface area contributed by atoms with E-state index < -0.39 is 34.8 Å². The maximum absolute atomic E-state index is 13.9. The summed E-state index contributed by atoms with van der Waals surface area (Å²) in [5.41, 5.74) is 0.0596. The van der Waals surface area contributed by atoms with Crippen LogP contribution in [-0.4, -0.2) is 31.7 Å². The molecule has 1 aromatic heterocycles. The molecule has 0 unspecified atom stereocenters. The van der Waals surface area contributed by atoms with E-state index in [4.69, 9.17) is 16.7 Å². The zero-order valence-corrected chi connectivity index (χ0v) is 13.6. The van der Waals surface area contributed by atoms with Crippen molar-refractivity contribution in [2.75, 3.05) is 17.5 Å². The van der Waals surface area contributed by atoms with Crippen molar-refractivity contribution in [2.24, 2.45) is 0 Å². The lowest BCUT2D eigenvalue weighted by atomic mass is 10.3. The smallest absolute Gasteiger partial charge is 0.266 e. The van der Waals surface area contributed by atoms with Crippen LogP contribution in [0.2, 0.25) is 5.15 Å². The van der Waals surface area contributed by atoms with Gasteiger partial charge in [0.05, 0.1) is 18.8 Å². The number of rotatable bonds is 5. The Labute approximate surface area is 137 Å². The van der Waals surface area contributed by atoms with E-state index in [1.807, 2.05) is 0 Å². The van der Waals surface area contributed by atoms with Crippen LogP contribution in [0.25, 0.3) is 0 Å². The minimum atomic E-state index is -4.20. The Bertz CT molecular complexity index is 831. The van der Waals surface area contributed by atoms with Gasteiger partial charge in [-0.1, -0.05) is 11.6 Å². The molecular weight excluding hydrogens is 350 g/mol. The van der Waals surface area contributed by atoms with Gasteiger partial charge in [-0.25, -0.2) is 22.2 Å². The van der Waals surface area contributed by atoms with E-state index in [9.17, 15) is 17.2 Å². The lowest BCUT2D eigenvalue weighted by Crippen LogP contribution is -2.34. The molecule has 1 N–H and O–H groups in total. The minimum Gasteiger partial charge on any atom is -0.394 e. The molecule has 2 rings (SSSR count). The van der Waals surface area contributed by atoms with E-state index in [-0.39, 0.29) is 15.7 Å². The minimum absolute atomic E-state index is 0.144. The van der Waals surface area contributed by atoms with Gasteiger partial charge in [0.2, 0.25) is 0 Å². The number of aromatic nitrogens is 1. The SMILES string of the molecule is Cc1cc(S(=O)(=O)N(CCO)c2ccc(F)cc2F)cnc1Cl. The Balaban J connectivity index is 2.56. The number of nitrogens with zero attached hydrogens (tertiary/aromatic N) is 2. The summed E-state index contributed by atoms with van der Waals surface area (Å²) in [6.45, 7) is 0.631. The number of anilines is 1. The molecule has 0 aliphatic rings. The molecule has 9 heteroatoms. The number of hydrogen-bond donors (Lipinski definition) is 1. The third-order valence-corrected chi connectivity index (χ3v) is 5.23. The third kappa shape index (κ3) is 3.60. The van der Waals surface area contributed by atoms with Crippen LogP contribution in [0.1, 0.15) is 5.56 Å². The average molecular weight is 363 g/mol. The number of hydrogen-bond acceptors (Lipinski definition) is 4. The average Bonchev–Trinajstić information content (AvgIpc) is 2.48. The van der Waals surface area contributed by atoms with Crippen molar-refractivity contribution >= 4 is 27.3 Å². The molecule has 0 aliphatic carbocycles. The standard InChI is InChI=1S/C14H13ClF2N2O3S/c1-9-6-11(8-18-14(9)15)23(21,22)19(4-5-20)13-3-2-10(16)7-12(13)17/h2-3,6-8,20H,4-5H2,1H3. The van der Waals surface area contributed by atoms with Gasteiger partial charge in [0.25, 0.3) is 10.0 Å². The molecule has 0 spiro atoms. The number of aliphatic hydroxyl groups excluding tert-OH is 1. The van der Waals surface area contributed by atoms with Crippen LogP contribution in [0.3, 0.4) is 0 Å². The van der Waals surface area contributed by atoms with Gasteiger partial charge in [0, 0.05) is 12.3 Å². The molecular formula is C14H13ClF2N2O3S. The largest absolute Gasteiger partial charge is 0.394 e. The van der Waals surface area contributed by atoms with Gasteiger partial charge < -0.3 is 5.11 Å². The van der Waals surface area contributed by atoms with Gasteiger partial charge in [-0.15, -0.1) is 0 Å². The van der Waals surface area contributed by atoms with E-state index >= 15 is 0 Å². The predicted octanol–water partition coefficient (Wildman–Crippen LogP) is 2.51. The first-order valence-corrected chi connectivity index (χ1v) is 8.30. The van der Waals surface area contributed by atoms with Crippen LogP contribution < -0.4 is 4.31 Å². The lowest BCUT2D eigenvalue weighted by molar-refractivity contribution is 0.306. The number of aryl methyl sites for hydroxylation is 1. The van der Waals surface area contributed by atoms with Crippen LogP contribution in [0.4, 0.5) is 14.5 Å². The van der Waals surface area contributed by atoms with Crippen molar-refractivity contribution in [1.82, 2.24) is 4.98 Å². The van der Waals surface area contributed by atoms with Crippen LogP contribution in [0.15, 0.2) is 35.4 Å². The molecule has 124 valence electrons. The second-order valence-electron chi connectivity index (χ2n) is 4.68. The van der Waals surface area contributed by atoms with Crippen molar-refractivity contribution in [1.29, 1.82) is 0 Å². The third-order valence-electron chi connectivity index (χ3n) is 3.06. The second-order valence-corrected chi connectivity index (χ2v) is 6.90. The number of halogens is 3. The van der Waals surface area contributed by atoms with Crippen molar-refractivity contribution < 1.29 is 22.3 Å². The summed E-state index contributed by atoms with van der Waals surface area (Å²) >= 11 is 5.77. The summed E-state index contributed by atoms with van der Waals surface area (Å²) < 4.78 is 53.0. The molecule has 1 aromatic carbocycles. The summed E-state index contributed by atoms with van der Waals surface area (Å²) in [6, 6.07) is 3.79. The molecule has 0 aliphatic heterocycles. The molecule has 0 amide bonds. The Morgan fingerprint density at radius 2 is 2.00 bits per heavy atom. The molecule has 0 saturated carbocycles. The maximum Gasteiger partial charge on any atom is 0.266 e. The first kappa shape index (κ1) is 17.6. The zero-order chi connectivity index (χ0) is 17.2. The molecule has 0 radical (unpaired) electrons. The Morgan fingerprint density at radius 3 is 2.57 bits per heavy atom. The maximum atomic E-state index is 13.9. The predicted molar refractivity (Wildman–Crippen MR) is 82.0 cm³/mol. The highest BCUT2D eigenvalue weighted by Crippen LogP contribution is 2.27. The van der Waals surface area contributed by atoms with Crippen LogP contribution >= 0.6 is 11.6 Å². The molecule has 0 atom stereocenters. The first-order valence-electron chi connectivity index (χ1n) is 6.48. The molecule has 23 heavy (non-hydrogen) atoms. The number of sulfonamides is 1. The Kier molecular flexibility index (Phi) is 5.18. The molecule has 2 aromatic rings. The van der Waals surface area contributed by atoms with Crippen LogP contribution in [0, 0.1) is 18.6 Å². The summed E-state index contributed by atoms with van der Waals surface area (Å²) in [5.74, 6) is -1.89. The Morgan fingerprint density at radius 1 is 1.30 bits per heavy atom. The van der Waals surface area contributed by atoms with Crippen LogP contribution in [-0.2, 0) is 10.0 Å².